The third-order valence-corrected chi connectivity index (χ3v) is 3.06. The second kappa shape index (κ2) is 4.41. The number of aryl methyl sites for hydroxylation is 2. The van der Waals surface area contributed by atoms with Crippen LogP contribution in [0.15, 0.2) is 33.5 Å². The van der Waals surface area contributed by atoms with Crippen LogP contribution in [0.2, 0.25) is 0 Å². The van der Waals surface area contributed by atoms with E-state index in [9.17, 15) is 9.59 Å². The van der Waals surface area contributed by atoms with Gasteiger partial charge in [0, 0.05) is 18.3 Å². The standard InChI is InChI=1S/C14H11N3O3/c1-8-5-10(16-13(7-18)15-8)9-3-4-12-11(6-9)17(2)14(19)20-12/h3-7H,1-2H3. The van der Waals surface area contributed by atoms with E-state index in [1.54, 1.807) is 38.2 Å². The fourth-order valence-corrected chi connectivity index (χ4v) is 2.08. The molecule has 6 heteroatoms. The molecule has 6 nitrogen and oxygen atoms in total. The Morgan fingerprint density at radius 1 is 1.25 bits per heavy atom. The number of rotatable bonds is 2. The maximum atomic E-state index is 11.5. The SMILES string of the molecule is Cc1cc(-c2ccc3oc(=O)n(C)c3c2)nc(C=O)n1. The summed E-state index contributed by atoms with van der Waals surface area (Å²) < 4.78 is 6.50. The molecule has 20 heavy (non-hydrogen) atoms. The Morgan fingerprint density at radius 3 is 2.80 bits per heavy atom. The van der Waals surface area contributed by atoms with E-state index >= 15 is 0 Å². The van der Waals surface area contributed by atoms with Crippen LogP contribution < -0.4 is 5.76 Å². The van der Waals surface area contributed by atoms with Gasteiger partial charge in [-0.3, -0.25) is 9.36 Å². The molecule has 1 aromatic carbocycles. The lowest BCUT2D eigenvalue weighted by Crippen LogP contribution is -2.08. The summed E-state index contributed by atoms with van der Waals surface area (Å²) in [6.45, 7) is 1.80. The Bertz CT molecular complexity index is 877. The fourth-order valence-electron chi connectivity index (χ4n) is 2.08. The molecule has 0 aliphatic rings. The average molecular weight is 269 g/mol. The number of carbonyl (C=O) groups excluding carboxylic acids is 1. The van der Waals surface area contributed by atoms with Crippen molar-refractivity contribution in [1.82, 2.24) is 14.5 Å². The first-order valence-electron chi connectivity index (χ1n) is 5.99. The molecule has 0 spiro atoms. The van der Waals surface area contributed by atoms with Crippen molar-refractivity contribution in [3.8, 4) is 11.3 Å². The average Bonchev–Trinajstić information content (AvgIpc) is 2.73. The monoisotopic (exact) mass is 269 g/mol. The second-order valence-corrected chi connectivity index (χ2v) is 4.48. The Labute approximate surface area is 113 Å². The van der Waals surface area contributed by atoms with Gasteiger partial charge in [0.05, 0.1) is 11.2 Å². The van der Waals surface area contributed by atoms with Crippen molar-refractivity contribution >= 4 is 17.4 Å². The van der Waals surface area contributed by atoms with Crippen molar-refractivity contribution in [2.75, 3.05) is 0 Å². The molecule has 0 radical (unpaired) electrons. The zero-order valence-corrected chi connectivity index (χ0v) is 11.0. The van der Waals surface area contributed by atoms with Gasteiger partial charge in [-0.05, 0) is 31.2 Å². The first-order chi connectivity index (χ1) is 9.58. The number of fused-ring (bicyclic) bond motifs is 1. The summed E-state index contributed by atoms with van der Waals surface area (Å²) in [6, 6.07) is 7.09. The minimum absolute atomic E-state index is 0.140. The van der Waals surface area contributed by atoms with E-state index in [1.807, 2.05) is 0 Å². The normalized spacial score (nSPS) is 10.9. The van der Waals surface area contributed by atoms with E-state index in [1.165, 1.54) is 4.57 Å². The number of aromatic nitrogens is 3. The summed E-state index contributed by atoms with van der Waals surface area (Å²) in [6.07, 6.45) is 0.614. The summed E-state index contributed by atoms with van der Waals surface area (Å²) in [7, 11) is 1.64. The van der Waals surface area contributed by atoms with Gasteiger partial charge < -0.3 is 4.42 Å². The van der Waals surface area contributed by atoms with Crippen LogP contribution >= 0.6 is 0 Å². The summed E-state index contributed by atoms with van der Waals surface area (Å²) >= 11 is 0. The number of oxazole rings is 1. The molecule has 0 unspecified atom stereocenters. The molecule has 2 heterocycles. The smallest absolute Gasteiger partial charge is 0.408 e. The molecule has 0 bridgehead atoms. The molecule has 0 saturated heterocycles. The molecule has 0 aliphatic heterocycles. The van der Waals surface area contributed by atoms with Crippen LogP contribution in [0.1, 0.15) is 16.3 Å². The quantitative estimate of drug-likeness (QED) is 0.662. The van der Waals surface area contributed by atoms with Crippen molar-refractivity contribution in [2.24, 2.45) is 7.05 Å². The first-order valence-corrected chi connectivity index (χ1v) is 5.99. The molecule has 0 N–H and O–H groups in total. The largest absolute Gasteiger partial charge is 0.419 e. The lowest BCUT2D eigenvalue weighted by Gasteiger charge is -2.03. The van der Waals surface area contributed by atoms with Gasteiger partial charge in [-0.2, -0.15) is 0 Å². The maximum absolute atomic E-state index is 11.5. The topological polar surface area (TPSA) is 78.0 Å². The highest BCUT2D eigenvalue weighted by Gasteiger charge is 2.09. The molecule has 0 fully saturated rings. The van der Waals surface area contributed by atoms with Crippen molar-refractivity contribution in [2.45, 2.75) is 6.92 Å². The zero-order chi connectivity index (χ0) is 14.3. The number of benzene rings is 1. The van der Waals surface area contributed by atoms with E-state index in [4.69, 9.17) is 4.42 Å². The zero-order valence-electron chi connectivity index (χ0n) is 11.0. The molecular formula is C14H11N3O3. The first kappa shape index (κ1) is 12.3. The summed E-state index contributed by atoms with van der Waals surface area (Å²) in [4.78, 5) is 30.5. The highest BCUT2D eigenvalue weighted by atomic mass is 16.4. The Morgan fingerprint density at radius 2 is 2.05 bits per heavy atom. The van der Waals surface area contributed by atoms with E-state index in [0.29, 0.717) is 28.8 Å². The third kappa shape index (κ3) is 1.91. The summed E-state index contributed by atoms with van der Waals surface area (Å²) in [5, 5.41) is 0. The number of aldehydes is 1. The lowest BCUT2D eigenvalue weighted by molar-refractivity contribution is 0.111. The molecule has 100 valence electrons. The van der Waals surface area contributed by atoms with Gasteiger partial charge in [-0.1, -0.05) is 0 Å². The molecule has 0 aliphatic carbocycles. The molecule has 0 saturated carbocycles. The van der Waals surface area contributed by atoms with E-state index in [2.05, 4.69) is 9.97 Å². The highest BCUT2D eigenvalue weighted by molar-refractivity contribution is 5.80. The van der Waals surface area contributed by atoms with E-state index < -0.39 is 5.76 Å². The summed E-state index contributed by atoms with van der Waals surface area (Å²) in [5.41, 5.74) is 3.33. The van der Waals surface area contributed by atoms with Crippen LogP contribution in [0.25, 0.3) is 22.4 Å². The number of carbonyl (C=O) groups is 1. The van der Waals surface area contributed by atoms with Gasteiger partial charge in [-0.15, -0.1) is 0 Å². The number of hydrogen-bond acceptors (Lipinski definition) is 5. The van der Waals surface area contributed by atoms with Crippen LogP contribution in [0.4, 0.5) is 0 Å². The molecule has 0 atom stereocenters. The minimum Gasteiger partial charge on any atom is -0.408 e. The fraction of sp³-hybridized carbons (Fsp3) is 0.143. The molecule has 3 rings (SSSR count). The van der Waals surface area contributed by atoms with Crippen LogP contribution in [0.5, 0.6) is 0 Å². The second-order valence-electron chi connectivity index (χ2n) is 4.48. The van der Waals surface area contributed by atoms with Crippen molar-refractivity contribution in [3.63, 3.8) is 0 Å². The van der Waals surface area contributed by atoms with Crippen molar-refractivity contribution in [1.29, 1.82) is 0 Å². The maximum Gasteiger partial charge on any atom is 0.419 e. The highest BCUT2D eigenvalue weighted by Crippen LogP contribution is 2.22. The summed E-state index contributed by atoms with van der Waals surface area (Å²) in [5.74, 6) is -0.272. The molecule has 2 aromatic heterocycles. The van der Waals surface area contributed by atoms with Crippen LogP contribution in [0, 0.1) is 6.92 Å². The molecule has 0 amide bonds. The minimum atomic E-state index is -0.412. The predicted octanol–water partition coefficient (Wildman–Crippen LogP) is 1.71. The van der Waals surface area contributed by atoms with E-state index in [0.717, 1.165) is 5.56 Å². The number of hydrogen-bond donors (Lipinski definition) is 0. The van der Waals surface area contributed by atoms with Gasteiger partial charge in [0.25, 0.3) is 0 Å². The van der Waals surface area contributed by atoms with Gasteiger partial charge in [-0.25, -0.2) is 14.8 Å². The van der Waals surface area contributed by atoms with Crippen molar-refractivity contribution < 1.29 is 9.21 Å². The van der Waals surface area contributed by atoms with Crippen molar-refractivity contribution in [3.05, 3.63) is 46.3 Å². The lowest BCUT2D eigenvalue weighted by atomic mass is 10.1. The molecule has 3 aromatic rings. The van der Waals surface area contributed by atoms with Gasteiger partial charge >= 0.3 is 5.76 Å². The van der Waals surface area contributed by atoms with Gasteiger partial charge in [0.1, 0.15) is 0 Å². The van der Waals surface area contributed by atoms with Crippen LogP contribution in [0.3, 0.4) is 0 Å². The van der Waals surface area contributed by atoms with E-state index in [-0.39, 0.29) is 5.82 Å². The molecular weight excluding hydrogens is 258 g/mol. The predicted molar refractivity (Wildman–Crippen MR) is 72.6 cm³/mol. The third-order valence-electron chi connectivity index (χ3n) is 3.06. The van der Waals surface area contributed by atoms with Gasteiger partial charge in [0.15, 0.2) is 17.7 Å². The van der Waals surface area contributed by atoms with Gasteiger partial charge in [0.2, 0.25) is 0 Å². The van der Waals surface area contributed by atoms with Crippen LogP contribution in [-0.2, 0) is 7.05 Å². The number of nitrogens with zero attached hydrogens (tertiary/aromatic N) is 3. The Kier molecular flexibility index (Phi) is 2.71. The Hall–Kier alpha value is -2.76. The van der Waals surface area contributed by atoms with Crippen LogP contribution in [-0.4, -0.2) is 20.8 Å². The Balaban J connectivity index is 2.24.